The van der Waals surface area contributed by atoms with E-state index in [1.807, 2.05) is 60.7 Å². The summed E-state index contributed by atoms with van der Waals surface area (Å²) in [6.45, 7) is 5.72. The molecule has 2 unspecified atom stereocenters. The van der Waals surface area contributed by atoms with Crippen LogP contribution in [0, 0.1) is 0 Å². The lowest BCUT2D eigenvalue weighted by molar-refractivity contribution is -0.167. The van der Waals surface area contributed by atoms with Crippen LogP contribution < -0.4 is 10.1 Å². The van der Waals surface area contributed by atoms with Gasteiger partial charge in [0.15, 0.2) is 0 Å². The third-order valence-corrected chi connectivity index (χ3v) is 7.35. The molecular formula is C33H33Cl2NO3. The smallest absolute Gasteiger partial charge is 0.132 e. The maximum Gasteiger partial charge on any atom is 0.132 e. The van der Waals surface area contributed by atoms with Crippen LogP contribution in [0.4, 0.5) is 5.69 Å². The number of fused-ring (bicyclic) bond motifs is 1. The Balaban J connectivity index is 1.39. The highest BCUT2D eigenvalue weighted by atomic mass is 35.5. The summed E-state index contributed by atoms with van der Waals surface area (Å²) < 4.78 is 19.7. The summed E-state index contributed by atoms with van der Waals surface area (Å²) in [5.41, 5.74) is 4.67. The quantitative estimate of drug-likeness (QED) is 0.210. The van der Waals surface area contributed by atoms with Gasteiger partial charge in [-0.1, -0.05) is 77.8 Å². The highest BCUT2D eigenvalue weighted by Gasteiger charge is 2.45. The first-order valence-electron chi connectivity index (χ1n) is 13.2. The van der Waals surface area contributed by atoms with Crippen molar-refractivity contribution in [2.45, 2.75) is 51.2 Å². The minimum atomic E-state index is -0.612. The fourth-order valence-electron chi connectivity index (χ4n) is 4.92. The molecule has 4 aromatic carbocycles. The van der Waals surface area contributed by atoms with Crippen LogP contribution in [0.2, 0.25) is 10.0 Å². The predicted molar refractivity (Wildman–Crippen MR) is 159 cm³/mol. The first kappa shape index (κ1) is 27.5. The molecule has 0 fully saturated rings. The van der Waals surface area contributed by atoms with Crippen molar-refractivity contribution >= 4 is 28.9 Å². The molecule has 0 bridgehead atoms. The zero-order valence-corrected chi connectivity index (χ0v) is 23.7. The third-order valence-electron chi connectivity index (χ3n) is 6.88. The Morgan fingerprint density at radius 2 is 1.46 bits per heavy atom. The molecule has 4 nitrogen and oxygen atoms in total. The highest BCUT2D eigenvalue weighted by Crippen LogP contribution is 2.44. The molecule has 39 heavy (non-hydrogen) atoms. The van der Waals surface area contributed by atoms with Gasteiger partial charge in [0.2, 0.25) is 0 Å². The van der Waals surface area contributed by atoms with Crippen molar-refractivity contribution in [1.82, 2.24) is 0 Å². The predicted octanol–water partition coefficient (Wildman–Crippen LogP) is 8.66. The van der Waals surface area contributed by atoms with Crippen LogP contribution in [0.25, 0.3) is 0 Å². The Bertz CT molecular complexity index is 1390. The van der Waals surface area contributed by atoms with E-state index in [-0.39, 0.29) is 12.2 Å². The zero-order chi connectivity index (χ0) is 27.2. The van der Waals surface area contributed by atoms with Gasteiger partial charge in [0.05, 0.1) is 13.2 Å². The van der Waals surface area contributed by atoms with Gasteiger partial charge < -0.3 is 19.5 Å². The molecule has 0 saturated heterocycles. The second-order valence-corrected chi connectivity index (χ2v) is 11.2. The number of hydrogen-bond donors (Lipinski definition) is 1. The average Bonchev–Trinajstić information content (AvgIpc) is 2.92. The van der Waals surface area contributed by atoms with Gasteiger partial charge in [0, 0.05) is 27.8 Å². The fourth-order valence-corrected chi connectivity index (χ4v) is 5.35. The lowest BCUT2D eigenvalue weighted by Gasteiger charge is -2.44. The van der Waals surface area contributed by atoms with E-state index in [4.69, 9.17) is 37.4 Å². The molecule has 0 saturated carbocycles. The van der Waals surface area contributed by atoms with E-state index < -0.39 is 5.60 Å². The molecule has 4 aromatic rings. The fraction of sp³-hybridized carbons (Fsp3) is 0.273. The molecule has 0 amide bonds. The highest BCUT2D eigenvalue weighted by molar-refractivity contribution is 6.30. The van der Waals surface area contributed by atoms with Crippen molar-refractivity contribution in [2.24, 2.45) is 0 Å². The lowest BCUT2D eigenvalue weighted by atomic mass is 9.87. The van der Waals surface area contributed by atoms with Crippen molar-refractivity contribution in [1.29, 1.82) is 0 Å². The molecule has 0 spiro atoms. The van der Waals surface area contributed by atoms with Gasteiger partial charge in [0.25, 0.3) is 0 Å². The summed E-state index contributed by atoms with van der Waals surface area (Å²) in [6.07, 6.45) is 0.143. The van der Waals surface area contributed by atoms with E-state index in [0.717, 1.165) is 39.6 Å². The van der Waals surface area contributed by atoms with E-state index in [2.05, 4.69) is 55.6 Å². The van der Waals surface area contributed by atoms with Crippen LogP contribution in [0.5, 0.6) is 5.75 Å². The van der Waals surface area contributed by atoms with Crippen LogP contribution in [-0.2, 0) is 29.0 Å². The van der Waals surface area contributed by atoms with Gasteiger partial charge in [-0.25, -0.2) is 0 Å². The largest absolute Gasteiger partial charge is 0.485 e. The van der Waals surface area contributed by atoms with Gasteiger partial charge >= 0.3 is 0 Å². The number of halogens is 2. The van der Waals surface area contributed by atoms with Crippen LogP contribution in [0.1, 0.15) is 42.2 Å². The van der Waals surface area contributed by atoms with E-state index in [0.29, 0.717) is 24.8 Å². The van der Waals surface area contributed by atoms with Crippen molar-refractivity contribution in [3.05, 3.63) is 129 Å². The summed E-state index contributed by atoms with van der Waals surface area (Å²) in [5.74, 6) is 0.806. The topological polar surface area (TPSA) is 39.7 Å². The molecular weight excluding hydrogens is 529 g/mol. The molecule has 2 atom stereocenters. The Kier molecular flexibility index (Phi) is 8.79. The third kappa shape index (κ3) is 7.14. The van der Waals surface area contributed by atoms with Crippen molar-refractivity contribution < 1.29 is 14.2 Å². The van der Waals surface area contributed by atoms with E-state index >= 15 is 0 Å². The molecule has 0 aliphatic carbocycles. The molecule has 6 heteroatoms. The van der Waals surface area contributed by atoms with Crippen molar-refractivity contribution in [3.8, 4) is 5.75 Å². The number of anilines is 1. The van der Waals surface area contributed by atoms with Gasteiger partial charge in [-0.15, -0.1) is 0 Å². The molecule has 1 heterocycles. The lowest BCUT2D eigenvalue weighted by Crippen LogP contribution is -2.51. The second-order valence-electron chi connectivity index (χ2n) is 10.3. The van der Waals surface area contributed by atoms with E-state index in [9.17, 15) is 0 Å². The van der Waals surface area contributed by atoms with Crippen LogP contribution >= 0.6 is 23.2 Å². The number of rotatable bonds is 10. The molecule has 0 aromatic heterocycles. The zero-order valence-electron chi connectivity index (χ0n) is 22.2. The summed E-state index contributed by atoms with van der Waals surface area (Å²) in [7, 11) is 0. The summed E-state index contributed by atoms with van der Waals surface area (Å²) >= 11 is 12.4. The monoisotopic (exact) mass is 561 g/mol. The van der Waals surface area contributed by atoms with Crippen molar-refractivity contribution in [3.63, 3.8) is 0 Å². The summed E-state index contributed by atoms with van der Waals surface area (Å²) in [6, 6.07) is 32.1. The molecule has 1 N–H and O–H groups in total. The molecule has 1 aliphatic heterocycles. The Morgan fingerprint density at radius 3 is 2.21 bits per heavy atom. The van der Waals surface area contributed by atoms with Crippen LogP contribution in [0.15, 0.2) is 97.1 Å². The second kappa shape index (κ2) is 12.4. The van der Waals surface area contributed by atoms with Crippen LogP contribution in [-0.4, -0.2) is 18.3 Å². The number of benzene rings is 4. The molecule has 0 radical (unpaired) electrons. The maximum atomic E-state index is 6.63. The first-order chi connectivity index (χ1) is 18.9. The average molecular weight is 563 g/mol. The Labute approximate surface area is 240 Å². The normalized spacial score (nSPS) is 17.7. The van der Waals surface area contributed by atoms with E-state index in [1.54, 1.807) is 0 Å². The molecule has 5 rings (SSSR count). The van der Waals surface area contributed by atoms with Crippen molar-refractivity contribution in [2.75, 3.05) is 11.9 Å². The first-order valence-corrected chi connectivity index (χ1v) is 14.0. The number of ether oxygens (including phenoxy) is 3. The maximum absolute atomic E-state index is 6.63. The van der Waals surface area contributed by atoms with Gasteiger partial charge in [0.1, 0.15) is 23.6 Å². The van der Waals surface area contributed by atoms with Gasteiger partial charge in [-0.3, -0.25) is 0 Å². The standard InChI is InChI=1S/C33H33Cl2NO3/c1-33(2)32(38-22-25-11-7-13-27(35)19-25)31(37-17-16-23-8-4-3-5-9-23)29-20-28(14-15-30(29)39-33)36-21-24-10-6-12-26(34)18-24/h3-15,18-20,31-32,36H,16-17,21-22H2,1-2H3. The summed E-state index contributed by atoms with van der Waals surface area (Å²) in [5, 5.41) is 4.93. The SMILES string of the molecule is CC1(C)Oc2ccc(NCc3cccc(Cl)c3)cc2C(OCCc2ccccc2)C1OCc1cccc(Cl)c1. The minimum Gasteiger partial charge on any atom is -0.485 e. The Morgan fingerprint density at radius 1 is 0.769 bits per heavy atom. The van der Waals surface area contributed by atoms with E-state index in [1.165, 1.54) is 5.56 Å². The van der Waals surface area contributed by atoms with Crippen LogP contribution in [0.3, 0.4) is 0 Å². The number of nitrogens with one attached hydrogen (secondary N) is 1. The van der Waals surface area contributed by atoms with Gasteiger partial charge in [-0.2, -0.15) is 0 Å². The minimum absolute atomic E-state index is 0.320. The molecule has 1 aliphatic rings. The summed E-state index contributed by atoms with van der Waals surface area (Å²) in [4.78, 5) is 0. The molecule has 202 valence electrons. The number of hydrogen-bond acceptors (Lipinski definition) is 4. The van der Waals surface area contributed by atoms with Gasteiger partial charge in [-0.05, 0) is 79.4 Å². The Hall–Kier alpha value is -3.02.